The van der Waals surface area contributed by atoms with Crippen LogP contribution in [-0.2, 0) is 0 Å². The van der Waals surface area contributed by atoms with Crippen molar-refractivity contribution >= 4 is 22.5 Å². The highest BCUT2D eigenvalue weighted by Gasteiger charge is 2.20. The van der Waals surface area contributed by atoms with Gasteiger partial charge in [-0.05, 0) is 37.5 Å². The Labute approximate surface area is 139 Å². The summed E-state index contributed by atoms with van der Waals surface area (Å²) in [5.74, 6) is 0.510. The number of rotatable bonds is 4. The van der Waals surface area contributed by atoms with Crippen LogP contribution in [0.2, 0.25) is 0 Å². The zero-order chi connectivity index (χ0) is 16.1. The number of amides is 2. The van der Waals surface area contributed by atoms with Crippen molar-refractivity contribution in [3.05, 3.63) is 35.1 Å². The number of nitrogens with one attached hydrogen (secondary N) is 2. The van der Waals surface area contributed by atoms with E-state index in [0.717, 1.165) is 10.6 Å². The Kier molecular flexibility index (Phi) is 5.17. The third kappa shape index (κ3) is 4.25. The van der Waals surface area contributed by atoms with Gasteiger partial charge in [-0.1, -0.05) is 30.6 Å². The first-order valence-electron chi connectivity index (χ1n) is 8.03. The van der Waals surface area contributed by atoms with E-state index in [1.807, 2.05) is 19.1 Å². The number of nitrogens with zero attached hydrogens (tertiary/aromatic N) is 3. The van der Waals surface area contributed by atoms with Crippen LogP contribution in [0.3, 0.4) is 0 Å². The lowest BCUT2D eigenvalue weighted by Gasteiger charge is -2.18. The molecule has 1 unspecified atom stereocenters. The van der Waals surface area contributed by atoms with Crippen molar-refractivity contribution in [1.82, 2.24) is 20.5 Å². The first kappa shape index (κ1) is 15.9. The number of hydrogen-bond donors (Lipinski definition) is 2. The lowest BCUT2D eigenvalue weighted by atomic mass is 9.90. The van der Waals surface area contributed by atoms with Crippen LogP contribution in [0.25, 0.3) is 0 Å². The van der Waals surface area contributed by atoms with Gasteiger partial charge in [-0.25, -0.2) is 4.79 Å². The van der Waals surface area contributed by atoms with E-state index in [4.69, 9.17) is 0 Å². The smallest absolute Gasteiger partial charge is 0.321 e. The Morgan fingerprint density at radius 1 is 1.22 bits per heavy atom. The summed E-state index contributed by atoms with van der Waals surface area (Å²) in [7, 11) is 0. The molecule has 1 atom stereocenters. The summed E-state index contributed by atoms with van der Waals surface area (Å²) in [6.45, 7) is 1.93. The van der Waals surface area contributed by atoms with Crippen molar-refractivity contribution in [3.8, 4) is 0 Å². The minimum Gasteiger partial charge on any atom is -0.331 e. The largest absolute Gasteiger partial charge is 0.331 e. The Hall–Kier alpha value is -2.02. The monoisotopic (exact) mass is 331 g/mol. The summed E-state index contributed by atoms with van der Waals surface area (Å²) in [4.78, 5) is 16.1. The van der Waals surface area contributed by atoms with Gasteiger partial charge in [-0.3, -0.25) is 10.3 Å². The third-order valence-electron chi connectivity index (χ3n) is 4.17. The molecule has 7 heteroatoms. The lowest BCUT2D eigenvalue weighted by molar-refractivity contribution is 0.249. The highest BCUT2D eigenvalue weighted by molar-refractivity contribution is 7.15. The molecule has 23 heavy (non-hydrogen) atoms. The second kappa shape index (κ2) is 7.50. The Bertz CT molecular complexity index is 639. The fourth-order valence-electron chi connectivity index (χ4n) is 2.86. The van der Waals surface area contributed by atoms with Crippen molar-refractivity contribution in [2.75, 3.05) is 5.32 Å². The van der Waals surface area contributed by atoms with Crippen molar-refractivity contribution in [1.29, 1.82) is 0 Å². The molecule has 0 bridgehead atoms. The Morgan fingerprint density at radius 3 is 2.70 bits per heavy atom. The molecule has 3 rings (SSSR count). The summed E-state index contributed by atoms with van der Waals surface area (Å²) in [6, 6.07) is 3.41. The maximum Gasteiger partial charge on any atom is 0.321 e. The van der Waals surface area contributed by atoms with Crippen molar-refractivity contribution in [3.63, 3.8) is 0 Å². The molecular formula is C16H21N5OS. The van der Waals surface area contributed by atoms with E-state index in [1.165, 1.54) is 43.4 Å². The first-order valence-corrected chi connectivity index (χ1v) is 8.85. The van der Waals surface area contributed by atoms with Crippen LogP contribution in [0.4, 0.5) is 9.93 Å². The summed E-state index contributed by atoms with van der Waals surface area (Å²) in [6.07, 6.45) is 9.63. The van der Waals surface area contributed by atoms with E-state index < -0.39 is 0 Å². The van der Waals surface area contributed by atoms with E-state index in [2.05, 4.69) is 25.8 Å². The highest BCUT2D eigenvalue weighted by atomic mass is 32.1. The van der Waals surface area contributed by atoms with Crippen molar-refractivity contribution in [2.45, 2.75) is 51.0 Å². The van der Waals surface area contributed by atoms with Crippen LogP contribution in [-0.4, -0.2) is 21.2 Å². The van der Waals surface area contributed by atoms with Crippen molar-refractivity contribution < 1.29 is 4.79 Å². The second-order valence-corrected chi connectivity index (χ2v) is 6.89. The molecule has 122 valence electrons. The average molecular weight is 331 g/mol. The number of urea groups is 1. The van der Waals surface area contributed by atoms with Gasteiger partial charge < -0.3 is 5.32 Å². The fourth-order valence-corrected chi connectivity index (χ4v) is 3.77. The maximum atomic E-state index is 12.1. The normalized spacial score (nSPS) is 16.7. The molecule has 0 radical (unpaired) electrons. The highest BCUT2D eigenvalue weighted by Crippen LogP contribution is 2.35. The van der Waals surface area contributed by atoms with Crippen molar-refractivity contribution in [2.24, 2.45) is 0 Å². The Balaban J connectivity index is 1.54. The molecule has 0 saturated heterocycles. The minimum atomic E-state index is -0.263. The second-order valence-electron chi connectivity index (χ2n) is 5.88. The van der Waals surface area contributed by atoms with E-state index in [0.29, 0.717) is 11.0 Å². The molecule has 1 aliphatic rings. The lowest BCUT2D eigenvalue weighted by Crippen LogP contribution is -2.31. The zero-order valence-electron chi connectivity index (χ0n) is 13.2. The number of anilines is 1. The molecule has 1 aliphatic carbocycles. The van der Waals surface area contributed by atoms with E-state index in [1.54, 1.807) is 12.4 Å². The molecule has 6 nitrogen and oxygen atoms in total. The van der Waals surface area contributed by atoms with E-state index in [-0.39, 0.29) is 12.1 Å². The number of aromatic nitrogens is 3. The van der Waals surface area contributed by atoms with Crippen LogP contribution in [0.5, 0.6) is 0 Å². The van der Waals surface area contributed by atoms with Gasteiger partial charge in [-0.2, -0.15) is 0 Å². The molecule has 2 aromatic heterocycles. The number of hydrogen-bond acceptors (Lipinski definition) is 5. The number of carbonyl (C=O) groups is 1. The quantitative estimate of drug-likeness (QED) is 0.891. The Morgan fingerprint density at radius 2 is 1.96 bits per heavy atom. The van der Waals surface area contributed by atoms with Gasteiger partial charge in [0.25, 0.3) is 0 Å². The predicted molar refractivity (Wildman–Crippen MR) is 90.5 cm³/mol. The molecule has 0 aliphatic heterocycles. The van der Waals surface area contributed by atoms with Gasteiger partial charge in [0.2, 0.25) is 5.13 Å². The molecule has 2 heterocycles. The van der Waals surface area contributed by atoms with Gasteiger partial charge in [0.1, 0.15) is 5.01 Å². The molecule has 0 aromatic carbocycles. The van der Waals surface area contributed by atoms with Gasteiger partial charge in [-0.15, -0.1) is 10.2 Å². The van der Waals surface area contributed by atoms with E-state index in [9.17, 15) is 4.79 Å². The molecule has 2 aromatic rings. The topological polar surface area (TPSA) is 79.8 Å². The molecule has 1 saturated carbocycles. The summed E-state index contributed by atoms with van der Waals surface area (Å²) < 4.78 is 0. The molecule has 1 fully saturated rings. The average Bonchev–Trinajstić information content (AvgIpc) is 3.04. The SMILES string of the molecule is CC(NC(=O)Nc1nnc(C2CCCCC2)s1)c1ccncc1. The van der Waals surface area contributed by atoms with Gasteiger partial charge in [0.15, 0.2) is 0 Å². The van der Waals surface area contributed by atoms with Crippen LogP contribution in [0.15, 0.2) is 24.5 Å². The fraction of sp³-hybridized carbons (Fsp3) is 0.500. The van der Waals surface area contributed by atoms with Gasteiger partial charge >= 0.3 is 6.03 Å². The number of carbonyl (C=O) groups excluding carboxylic acids is 1. The standard InChI is InChI=1S/C16H21N5OS/c1-11(12-7-9-17-10-8-12)18-15(22)19-16-21-20-14(23-16)13-5-3-2-4-6-13/h7-11,13H,2-6H2,1H3,(H2,18,19,21,22). The minimum absolute atomic E-state index is 0.0938. The van der Waals surface area contributed by atoms with Crippen LogP contribution < -0.4 is 10.6 Å². The van der Waals surface area contributed by atoms with Gasteiger partial charge in [0, 0.05) is 18.3 Å². The third-order valence-corrected chi connectivity index (χ3v) is 5.17. The molecular weight excluding hydrogens is 310 g/mol. The maximum absolute atomic E-state index is 12.1. The first-order chi connectivity index (χ1) is 11.2. The zero-order valence-corrected chi connectivity index (χ0v) is 14.0. The summed E-state index contributed by atoms with van der Waals surface area (Å²) in [5, 5.41) is 15.6. The molecule has 2 amide bonds. The summed E-state index contributed by atoms with van der Waals surface area (Å²) >= 11 is 1.49. The van der Waals surface area contributed by atoms with Crippen LogP contribution in [0, 0.1) is 0 Å². The van der Waals surface area contributed by atoms with Gasteiger partial charge in [0.05, 0.1) is 6.04 Å². The molecule has 0 spiro atoms. The van der Waals surface area contributed by atoms with Crippen LogP contribution >= 0.6 is 11.3 Å². The molecule has 2 N–H and O–H groups in total. The van der Waals surface area contributed by atoms with Crippen LogP contribution in [0.1, 0.15) is 61.6 Å². The number of pyridine rings is 1. The summed E-state index contributed by atoms with van der Waals surface area (Å²) in [5.41, 5.74) is 1.01. The van der Waals surface area contributed by atoms with E-state index >= 15 is 0 Å². The predicted octanol–water partition coefficient (Wildman–Crippen LogP) is 3.86.